The van der Waals surface area contributed by atoms with Gasteiger partial charge in [-0.15, -0.1) is 0 Å². The number of hydrogen-bond donors (Lipinski definition) is 1. The molecule has 0 radical (unpaired) electrons. The number of nitro benzene ring substituents is 1. The fourth-order valence-corrected chi connectivity index (χ4v) is 3.02. The Morgan fingerprint density at radius 1 is 1.20 bits per heavy atom. The van der Waals surface area contributed by atoms with Gasteiger partial charge in [0.05, 0.1) is 10.5 Å². The van der Waals surface area contributed by atoms with Gasteiger partial charge in [-0.2, -0.15) is 13.2 Å². The molecule has 138 valence electrons. The van der Waals surface area contributed by atoms with Crippen molar-refractivity contribution >= 4 is 11.6 Å². The van der Waals surface area contributed by atoms with Gasteiger partial charge in [-0.3, -0.25) is 14.9 Å². The number of halogens is 3. The summed E-state index contributed by atoms with van der Waals surface area (Å²) >= 11 is 0. The van der Waals surface area contributed by atoms with E-state index < -0.39 is 28.3 Å². The molecule has 0 saturated heterocycles. The number of carbonyl (C=O) groups excluding carboxylic acids is 1. The number of carbonyl (C=O) groups is 1. The van der Waals surface area contributed by atoms with Gasteiger partial charge >= 0.3 is 6.18 Å². The van der Waals surface area contributed by atoms with Crippen LogP contribution in [0.5, 0.6) is 0 Å². The van der Waals surface area contributed by atoms with Gasteiger partial charge < -0.3 is 10.2 Å². The molecule has 1 N–H and O–H groups in total. The van der Waals surface area contributed by atoms with E-state index in [1.54, 1.807) is 0 Å². The minimum Gasteiger partial charge on any atom is -0.349 e. The molecule has 1 aromatic rings. The molecule has 0 unspecified atom stereocenters. The highest BCUT2D eigenvalue weighted by molar-refractivity contribution is 5.95. The number of benzene rings is 1. The number of rotatable bonds is 4. The third-order valence-electron chi connectivity index (χ3n) is 4.48. The Labute approximate surface area is 143 Å². The summed E-state index contributed by atoms with van der Waals surface area (Å²) in [5.41, 5.74) is -2.31. The Kier molecular flexibility index (Phi) is 5.66. The van der Waals surface area contributed by atoms with E-state index in [4.69, 9.17) is 0 Å². The normalized spacial score (nSPS) is 21.2. The highest BCUT2D eigenvalue weighted by Crippen LogP contribution is 2.32. The summed E-state index contributed by atoms with van der Waals surface area (Å²) in [4.78, 5) is 24.3. The maximum Gasteiger partial charge on any atom is 0.416 e. The SMILES string of the molecule is CN(C)C1CCC(NC(=O)c2cc([N+](=O)[O-])cc(C(F)(F)F)c2)CC1. The molecule has 1 amide bonds. The number of non-ortho nitro benzene ring substituents is 1. The van der Waals surface area contributed by atoms with Crippen molar-refractivity contribution in [1.29, 1.82) is 0 Å². The molecule has 0 heterocycles. The van der Waals surface area contributed by atoms with Crippen LogP contribution in [0.2, 0.25) is 0 Å². The summed E-state index contributed by atoms with van der Waals surface area (Å²) in [6.07, 6.45) is -1.57. The Balaban J connectivity index is 2.14. The van der Waals surface area contributed by atoms with Crippen molar-refractivity contribution in [3.05, 3.63) is 39.4 Å². The molecule has 1 fully saturated rings. The first kappa shape index (κ1) is 19.2. The molecule has 1 saturated carbocycles. The van der Waals surface area contributed by atoms with Gasteiger partial charge in [-0.05, 0) is 45.8 Å². The van der Waals surface area contributed by atoms with Crippen LogP contribution >= 0.6 is 0 Å². The summed E-state index contributed by atoms with van der Waals surface area (Å²) < 4.78 is 38.7. The third kappa shape index (κ3) is 4.91. The molecule has 9 heteroatoms. The maximum absolute atomic E-state index is 12.9. The van der Waals surface area contributed by atoms with Gasteiger partial charge in [0.2, 0.25) is 0 Å². The summed E-state index contributed by atoms with van der Waals surface area (Å²) in [7, 11) is 3.96. The molecule has 2 rings (SSSR count). The largest absolute Gasteiger partial charge is 0.416 e. The lowest BCUT2D eigenvalue weighted by Crippen LogP contribution is -2.41. The Hall–Kier alpha value is -2.16. The minimum atomic E-state index is -4.76. The molecule has 0 spiro atoms. The quantitative estimate of drug-likeness (QED) is 0.662. The fraction of sp³-hybridized carbons (Fsp3) is 0.562. The van der Waals surface area contributed by atoms with Gasteiger partial charge in [0.15, 0.2) is 0 Å². The number of nitrogens with one attached hydrogen (secondary N) is 1. The van der Waals surface area contributed by atoms with Gasteiger partial charge in [-0.1, -0.05) is 0 Å². The zero-order valence-corrected chi connectivity index (χ0v) is 14.0. The Morgan fingerprint density at radius 2 is 1.80 bits per heavy atom. The predicted octanol–water partition coefficient (Wildman–Crippen LogP) is 3.22. The number of alkyl halides is 3. The molecule has 0 atom stereocenters. The molecule has 0 aliphatic heterocycles. The first-order chi connectivity index (χ1) is 11.6. The van der Waals surface area contributed by atoms with Crippen LogP contribution in [0.15, 0.2) is 18.2 Å². The van der Waals surface area contributed by atoms with Crippen LogP contribution in [0.1, 0.15) is 41.6 Å². The first-order valence-corrected chi connectivity index (χ1v) is 7.92. The van der Waals surface area contributed by atoms with Crippen molar-refractivity contribution in [1.82, 2.24) is 10.2 Å². The van der Waals surface area contributed by atoms with E-state index in [1.165, 1.54) is 0 Å². The lowest BCUT2D eigenvalue weighted by molar-refractivity contribution is -0.385. The van der Waals surface area contributed by atoms with Crippen LogP contribution < -0.4 is 5.32 Å². The van der Waals surface area contributed by atoms with Crippen molar-refractivity contribution in [2.45, 2.75) is 43.9 Å². The van der Waals surface area contributed by atoms with Crippen LogP contribution in [-0.2, 0) is 6.18 Å². The van der Waals surface area contributed by atoms with E-state index in [0.717, 1.165) is 31.7 Å². The Bertz CT molecular complexity index is 654. The topological polar surface area (TPSA) is 75.5 Å². The second-order valence-electron chi connectivity index (χ2n) is 6.47. The molecule has 6 nitrogen and oxygen atoms in total. The van der Waals surface area contributed by atoms with Crippen LogP contribution in [0.25, 0.3) is 0 Å². The third-order valence-corrected chi connectivity index (χ3v) is 4.48. The van der Waals surface area contributed by atoms with E-state index in [9.17, 15) is 28.1 Å². The molecular weight excluding hydrogens is 339 g/mol. The van der Waals surface area contributed by atoms with E-state index in [-0.39, 0.29) is 11.6 Å². The molecular formula is C16H20F3N3O3. The van der Waals surface area contributed by atoms with Crippen molar-refractivity contribution in [2.24, 2.45) is 0 Å². The summed E-state index contributed by atoms with van der Waals surface area (Å²) in [6.45, 7) is 0. The van der Waals surface area contributed by atoms with Crippen LogP contribution in [0, 0.1) is 10.1 Å². The van der Waals surface area contributed by atoms with Gasteiger partial charge in [0.25, 0.3) is 11.6 Å². The van der Waals surface area contributed by atoms with Crippen molar-refractivity contribution in [2.75, 3.05) is 14.1 Å². The van der Waals surface area contributed by atoms with E-state index in [1.807, 2.05) is 14.1 Å². The minimum absolute atomic E-state index is 0.141. The molecule has 0 bridgehead atoms. The zero-order chi connectivity index (χ0) is 18.8. The Morgan fingerprint density at radius 3 is 2.28 bits per heavy atom. The van der Waals surface area contributed by atoms with Gasteiger partial charge in [-0.25, -0.2) is 0 Å². The van der Waals surface area contributed by atoms with E-state index in [0.29, 0.717) is 18.2 Å². The van der Waals surface area contributed by atoms with Crippen molar-refractivity contribution in [3.63, 3.8) is 0 Å². The standard InChI is InChI=1S/C16H20F3N3O3/c1-21(2)13-5-3-12(4-6-13)20-15(23)10-7-11(16(17,18)19)9-14(8-10)22(24)25/h7-9,12-13H,3-6H2,1-2H3,(H,20,23). The zero-order valence-electron chi connectivity index (χ0n) is 14.0. The average Bonchev–Trinajstić information content (AvgIpc) is 2.54. The molecule has 1 aliphatic carbocycles. The highest BCUT2D eigenvalue weighted by atomic mass is 19.4. The monoisotopic (exact) mass is 359 g/mol. The average molecular weight is 359 g/mol. The van der Waals surface area contributed by atoms with Crippen molar-refractivity contribution < 1.29 is 22.9 Å². The van der Waals surface area contributed by atoms with Gasteiger partial charge in [0.1, 0.15) is 0 Å². The van der Waals surface area contributed by atoms with E-state index >= 15 is 0 Å². The second kappa shape index (κ2) is 7.38. The first-order valence-electron chi connectivity index (χ1n) is 7.92. The molecule has 25 heavy (non-hydrogen) atoms. The van der Waals surface area contributed by atoms with Crippen LogP contribution in [0.4, 0.5) is 18.9 Å². The lowest BCUT2D eigenvalue weighted by atomic mass is 9.90. The second-order valence-corrected chi connectivity index (χ2v) is 6.47. The maximum atomic E-state index is 12.9. The molecule has 0 aromatic heterocycles. The summed E-state index contributed by atoms with van der Waals surface area (Å²) in [5.74, 6) is -0.720. The van der Waals surface area contributed by atoms with Crippen LogP contribution in [0.3, 0.4) is 0 Å². The number of amides is 1. The molecule has 1 aliphatic rings. The number of nitrogens with zero attached hydrogens (tertiary/aromatic N) is 2. The van der Waals surface area contributed by atoms with E-state index in [2.05, 4.69) is 10.2 Å². The smallest absolute Gasteiger partial charge is 0.349 e. The van der Waals surface area contributed by atoms with Crippen molar-refractivity contribution in [3.8, 4) is 0 Å². The molecule has 1 aromatic carbocycles. The fourth-order valence-electron chi connectivity index (χ4n) is 3.02. The number of nitro groups is 1. The lowest BCUT2D eigenvalue weighted by Gasteiger charge is -2.33. The summed E-state index contributed by atoms with van der Waals surface area (Å²) in [6, 6.07) is 2.23. The summed E-state index contributed by atoms with van der Waals surface area (Å²) in [5, 5.41) is 13.5. The van der Waals surface area contributed by atoms with Crippen LogP contribution in [-0.4, -0.2) is 41.9 Å². The number of hydrogen-bond acceptors (Lipinski definition) is 4. The van der Waals surface area contributed by atoms with Gasteiger partial charge in [0, 0.05) is 29.8 Å². The predicted molar refractivity (Wildman–Crippen MR) is 85.3 cm³/mol. The highest BCUT2D eigenvalue weighted by Gasteiger charge is 2.34.